The molecule has 0 aliphatic carbocycles. The van der Waals surface area contributed by atoms with Gasteiger partial charge in [0.25, 0.3) is 0 Å². The van der Waals surface area contributed by atoms with Gasteiger partial charge in [-0.3, -0.25) is 4.98 Å². The summed E-state index contributed by atoms with van der Waals surface area (Å²) in [5.41, 5.74) is 1.71. The van der Waals surface area contributed by atoms with Crippen molar-refractivity contribution >= 4 is 22.5 Å². The van der Waals surface area contributed by atoms with E-state index in [2.05, 4.69) is 11.1 Å². The van der Waals surface area contributed by atoms with Crippen LogP contribution >= 0.6 is 11.6 Å². The highest BCUT2D eigenvalue weighted by Crippen LogP contribution is 2.21. The lowest BCUT2D eigenvalue weighted by Crippen LogP contribution is -1.86. The SMILES string of the molecule is N#CCc1cnc2c(Cl)cccc2c1. The van der Waals surface area contributed by atoms with Crippen LogP contribution < -0.4 is 0 Å². The lowest BCUT2D eigenvalue weighted by molar-refractivity contribution is 1.22. The number of benzene rings is 1. The molecule has 1 aromatic carbocycles. The summed E-state index contributed by atoms with van der Waals surface area (Å²) in [5, 5.41) is 10.2. The summed E-state index contributed by atoms with van der Waals surface area (Å²) in [4.78, 5) is 4.22. The smallest absolute Gasteiger partial charge is 0.0888 e. The maximum atomic E-state index is 8.54. The van der Waals surface area contributed by atoms with Crippen LogP contribution in [-0.2, 0) is 6.42 Å². The third kappa shape index (κ3) is 1.55. The average molecular weight is 203 g/mol. The Bertz CT molecular complexity index is 514. The second-order valence-corrected chi connectivity index (χ2v) is 3.40. The monoisotopic (exact) mass is 202 g/mol. The first-order chi connectivity index (χ1) is 6.81. The van der Waals surface area contributed by atoms with Crippen molar-refractivity contribution in [3.8, 4) is 6.07 Å². The maximum Gasteiger partial charge on any atom is 0.0888 e. The van der Waals surface area contributed by atoms with E-state index < -0.39 is 0 Å². The summed E-state index contributed by atoms with van der Waals surface area (Å²) >= 11 is 5.96. The second-order valence-electron chi connectivity index (χ2n) is 2.99. The van der Waals surface area contributed by atoms with E-state index >= 15 is 0 Å². The van der Waals surface area contributed by atoms with Gasteiger partial charge in [0, 0.05) is 11.6 Å². The number of rotatable bonds is 1. The normalized spacial score (nSPS) is 10.0. The summed E-state index contributed by atoms with van der Waals surface area (Å²) in [5.74, 6) is 0. The maximum absolute atomic E-state index is 8.54. The van der Waals surface area contributed by atoms with Gasteiger partial charge in [-0.05, 0) is 17.7 Å². The minimum Gasteiger partial charge on any atom is -0.254 e. The first-order valence-electron chi connectivity index (χ1n) is 4.21. The van der Waals surface area contributed by atoms with Crippen LogP contribution in [0.1, 0.15) is 5.56 Å². The van der Waals surface area contributed by atoms with Crippen LogP contribution in [0.25, 0.3) is 10.9 Å². The van der Waals surface area contributed by atoms with Crippen molar-refractivity contribution in [2.24, 2.45) is 0 Å². The number of nitriles is 1. The fourth-order valence-corrected chi connectivity index (χ4v) is 1.59. The van der Waals surface area contributed by atoms with Gasteiger partial charge in [-0.25, -0.2) is 0 Å². The number of hydrogen-bond acceptors (Lipinski definition) is 2. The fraction of sp³-hybridized carbons (Fsp3) is 0.0909. The summed E-state index contributed by atoms with van der Waals surface area (Å²) in [6, 6.07) is 9.66. The molecule has 2 nitrogen and oxygen atoms in total. The summed E-state index contributed by atoms with van der Waals surface area (Å²) < 4.78 is 0. The van der Waals surface area contributed by atoms with Crippen molar-refractivity contribution < 1.29 is 0 Å². The van der Waals surface area contributed by atoms with Crippen LogP contribution in [0.15, 0.2) is 30.5 Å². The van der Waals surface area contributed by atoms with E-state index in [1.807, 2.05) is 18.2 Å². The first kappa shape index (κ1) is 8.98. The van der Waals surface area contributed by atoms with E-state index in [0.29, 0.717) is 11.4 Å². The molecule has 0 N–H and O–H groups in total. The molecule has 0 atom stereocenters. The van der Waals surface area contributed by atoms with Crippen molar-refractivity contribution in [3.05, 3.63) is 41.0 Å². The third-order valence-electron chi connectivity index (χ3n) is 2.00. The molecule has 0 spiro atoms. The van der Waals surface area contributed by atoms with E-state index in [4.69, 9.17) is 16.9 Å². The molecule has 0 amide bonds. The Kier molecular flexibility index (Phi) is 2.34. The van der Waals surface area contributed by atoms with Gasteiger partial charge in [0.15, 0.2) is 0 Å². The van der Waals surface area contributed by atoms with E-state index in [1.165, 1.54) is 0 Å². The molecule has 1 aromatic heterocycles. The van der Waals surface area contributed by atoms with Gasteiger partial charge in [-0.1, -0.05) is 23.7 Å². The number of hydrogen-bond donors (Lipinski definition) is 0. The van der Waals surface area contributed by atoms with Crippen molar-refractivity contribution in [1.82, 2.24) is 4.98 Å². The molecule has 2 aromatic rings. The van der Waals surface area contributed by atoms with Gasteiger partial charge < -0.3 is 0 Å². The zero-order valence-electron chi connectivity index (χ0n) is 7.37. The lowest BCUT2D eigenvalue weighted by Gasteiger charge is -2.00. The molecule has 3 heteroatoms. The Balaban J connectivity index is 2.63. The largest absolute Gasteiger partial charge is 0.254 e. The zero-order chi connectivity index (χ0) is 9.97. The van der Waals surface area contributed by atoms with Crippen LogP contribution in [0.2, 0.25) is 5.02 Å². The summed E-state index contributed by atoms with van der Waals surface area (Å²) in [6.45, 7) is 0. The summed E-state index contributed by atoms with van der Waals surface area (Å²) in [6.07, 6.45) is 2.08. The topological polar surface area (TPSA) is 36.7 Å². The quantitative estimate of drug-likeness (QED) is 0.713. The van der Waals surface area contributed by atoms with E-state index in [9.17, 15) is 0 Å². The van der Waals surface area contributed by atoms with Crippen LogP contribution in [0, 0.1) is 11.3 Å². The Hall–Kier alpha value is -1.59. The number of nitrogens with zero attached hydrogens (tertiary/aromatic N) is 2. The highest BCUT2D eigenvalue weighted by atomic mass is 35.5. The minimum absolute atomic E-state index is 0.384. The van der Waals surface area contributed by atoms with E-state index in [0.717, 1.165) is 16.5 Å². The molecule has 2 rings (SSSR count). The van der Waals surface area contributed by atoms with E-state index in [1.54, 1.807) is 12.3 Å². The van der Waals surface area contributed by atoms with Gasteiger partial charge >= 0.3 is 0 Å². The predicted molar refractivity (Wildman–Crippen MR) is 56.1 cm³/mol. The molecule has 0 aliphatic rings. The molecule has 14 heavy (non-hydrogen) atoms. The van der Waals surface area contributed by atoms with Crippen molar-refractivity contribution in [3.63, 3.8) is 0 Å². The zero-order valence-corrected chi connectivity index (χ0v) is 8.12. The third-order valence-corrected chi connectivity index (χ3v) is 2.31. The Morgan fingerprint density at radius 3 is 3.07 bits per heavy atom. The van der Waals surface area contributed by atoms with Crippen molar-refractivity contribution in [2.45, 2.75) is 6.42 Å². The number of fused-ring (bicyclic) bond motifs is 1. The first-order valence-corrected chi connectivity index (χ1v) is 4.59. The van der Waals surface area contributed by atoms with Crippen molar-refractivity contribution in [1.29, 1.82) is 5.26 Å². The molecule has 0 unspecified atom stereocenters. The Labute approximate surface area is 86.8 Å². The standard InChI is InChI=1S/C11H7ClN2/c12-10-3-1-2-9-6-8(4-5-13)7-14-11(9)10/h1-3,6-7H,4H2. The van der Waals surface area contributed by atoms with Crippen LogP contribution in [0.4, 0.5) is 0 Å². The highest BCUT2D eigenvalue weighted by molar-refractivity contribution is 6.35. The Morgan fingerprint density at radius 1 is 1.43 bits per heavy atom. The molecular weight excluding hydrogens is 196 g/mol. The molecule has 0 bridgehead atoms. The highest BCUT2D eigenvalue weighted by Gasteiger charge is 2.00. The Morgan fingerprint density at radius 2 is 2.29 bits per heavy atom. The van der Waals surface area contributed by atoms with Crippen molar-refractivity contribution in [2.75, 3.05) is 0 Å². The second kappa shape index (κ2) is 3.65. The minimum atomic E-state index is 0.384. The van der Waals surface area contributed by atoms with Gasteiger partial charge in [0.05, 0.1) is 23.0 Å². The van der Waals surface area contributed by atoms with Gasteiger partial charge in [0.2, 0.25) is 0 Å². The number of aromatic nitrogens is 1. The summed E-state index contributed by atoms with van der Waals surface area (Å²) in [7, 11) is 0. The molecule has 0 fully saturated rings. The molecule has 0 aliphatic heterocycles. The predicted octanol–water partition coefficient (Wildman–Crippen LogP) is 2.95. The van der Waals surface area contributed by atoms with Crippen LogP contribution in [0.3, 0.4) is 0 Å². The van der Waals surface area contributed by atoms with E-state index in [-0.39, 0.29) is 0 Å². The van der Waals surface area contributed by atoms with Crippen LogP contribution in [-0.4, -0.2) is 4.98 Å². The van der Waals surface area contributed by atoms with Gasteiger partial charge in [-0.15, -0.1) is 0 Å². The molecule has 1 heterocycles. The molecular formula is C11H7ClN2. The molecule has 0 radical (unpaired) electrons. The van der Waals surface area contributed by atoms with Gasteiger partial charge in [0.1, 0.15) is 0 Å². The molecule has 68 valence electrons. The fourth-order valence-electron chi connectivity index (χ4n) is 1.36. The lowest BCUT2D eigenvalue weighted by atomic mass is 10.1. The average Bonchev–Trinajstić information content (AvgIpc) is 2.18. The molecule has 0 saturated carbocycles. The number of para-hydroxylation sites is 1. The number of halogens is 1. The molecule has 0 saturated heterocycles. The van der Waals surface area contributed by atoms with Crippen LogP contribution in [0.5, 0.6) is 0 Å². The number of pyridine rings is 1. The van der Waals surface area contributed by atoms with Gasteiger partial charge in [-0.2, -0.15) is 5.26 Å².